The van der Waals surface area contributed by atoms with Crippen molar-refractivity contribution < 1.29 is 9.59 Å². The van der Waals surface area contributed by atoms with Gasteiger partial charge < -0.3 is 0 Å². The molecule has 0 spiro atoms. The number of carbonyl (C=O) groups excluding carboxylic acids is 2. The zero-order chi connectivity index (χ0) is 20.5. The third kappa shape index (κ3) is 3.71. The summed E-state index contributed by atoms with van der Waals surface area (Å²) in [6, 6.07) is 21.6. The summed E-state index contributed by atoms with van der Waals surface area (Å²) in [6.07, 6.45) is 0. The third-order valence-corrected chi connectivity index (χ3v) is 6.37. The van der Waals surface area contributed by atoms with Crippen LogP contribution in [0, 0.1) is 6.92 Å². The molecule has 144 valence electrons. The summed E-state index contributed by atoms with van der Waals surface area (Å²) in [5, 5.41) is 1.06. The molecule has 4 rings (SSSR count). The molecular formula is C23H15Cl2NO2S. The second-order valence-corrected chi connectivity index (χ2v) is 8.38. The second-order valence-electron chi connectivity index (χ2n) is 6.46. The fraction of sp³-hybridized carbons (Fsp3) is 0.0435. The highest BCUT2D eigenvalue weighted by molar-refractivity contribution is 8.04. The van der Waals surface area contributed by atoms with Gasteiger partial charge in [0.1, 0.15) is 0 Å². The van der Waals surface area contributed by atoms with E-state index in [9.17, 15) is 9.59 Å². The van der Waals surface area contributed by atoms with Crippen molar-refractivity contribution in [1.82, 2.24) is 0 Å². The lowest BCUT2D eigenvalue weighted by molar-refractivity contribution is -0.119. The van der Waals surface area contributed by atoms with Crippen LogP contribution in [0.3, 0.4) is 0 Å². The lowest BCUT2D eigenvalue weighted by Gasteiger charge is -2.18. The summed E-state index contributed by atoms with van der Waals surface area (Å²) in [5.74, 6) is -0.736. The molecular weight excluding hydrogens is 425 g/mol. The van der Waals surface area contributed by atoms with E-state index in [1.54, 1.807) is 49.4 Å². The van der Waals surface area contributed by atoms with Crippen LogP contribution in [0.4, 0.5) is 5.69 Å². The molecule has 1 aliphatic heterocycles. The summed E-state index contributed by atoms with van der Waals surface area (Å²) in [5.41, 5.74) is 2.17. The molecule has 3 aromatic rings. The van der Waals surface area contributed by atoms with Crippen LogP contribution < -0.4 is 4.90 Å². The predicted molar refractivity (Wildman–Crippen MR) is 119 cm³/mol. The number of amides is 2. The fourth-order valence-electron chi connectivity index (χ4n) is 3.14. The normalized spacial score (nSPS) is 14.1. The largest absolute Gasteiger partial charge is 0.272 e. The molecule has 0 aliphatic carbocycles. The number of anilines is 1. The van der Waals surface area contributed by atoms with Gasteiger partial charge in [-0.05, 0) is 54.4 Å². The molecule has 29 heavy (non-hydrogen) atoms. The van der Waals surface area contributed by atoms with Gasteiger partial charge in [0, 0.05) is 14.9 Å². The Morgan fingerprint density at radius 1 is 0.793 bits per heavy atom. The van der Waals surface area contributed by atoms with Crippen LogP contribution in [0.25, 0.3) is 5.57 Å². The van der Waals surface area contributed by atoms with Gasteiger partial charge in [0.05, 0.1) is 16.2 Å². The number of hydrogen-bond acceptors (Lipinski definition) is 3. The van der Waals surface area contributed by atoms with Crippen molar-refractivity contribution >= 4 is 58.0 Å². The SMILES string of the molecule is Cc1c(Cl)cccc1N1C(=O)C(Sc2ccccc2)=C(c2ccc(Cl)cc2)C1=O. The summed E-state index contributed by atoms with van der Waals surface area (Å²) in [7, 11) is 0. The maximum absolute atomic E-state index is 13.4. The van der Waals surface area contributed by atoms with Crippen molar-refractivity contribution in [3.63, 3.8) is 0 Å². The third-order valence-electron chi connectivity index (χ3n) is 4.62. The Bertz CT molecular complexity index is 1140. The van der Waals surface area contributed by atoms with E-state index in [2.05, 4.69) is 0 Å². The van der Waals surface area contributed by atoms with Gasteiger partial charge in [-0.15, -0.1) is 0 Å². The predicted octanol–water partition coefficient (Wildman–Crippen LogP) is 6.38. The van der Waals surface area contributed by atoms with Crippen LogP contribution in [0.1, 0.15) is 11.1 Å². The van der Waals surface area contributed by atoms with E-state index >= 15 is 0 Å². The molecule has 0 aromatic heterocycles. The van der Waals surface area contributed by atoms with Crippen molar-refractivity contribution in [3.05, 3.63) is 98.9 Å². The van der Waals surface area contributed by atoms with Gasteiger partial charge >= 0.3 is 0 Å². The molecule has 0 atom stereocenters. The zero-order valence-electron chi connectivity index (χ0n) is 15.4. The highest BCUT2D eigenvalue weighted by Crippen LogP contribution is 2.42. The average molecular weight is 440 g/mol. The van der Waals surface area contributed by atoms with Crippen LogP contribution >= 0.6 is 35.0 Å². The monoisotopic (exact) mass is 439 g/mol. The van der Waals surface area contributed by atoms with E-state index in [0.717, 1.165) is 4.90 Å². The molecule has 6 heteroatoms. The van der Waals surface area contributed by atoms with E-state index in [0.29, 0.717) is 37.3 Å². The van der Waals surface area contributed by atoms with Gasteiger partial charge in [0.2, 0.25) is 0 Å². The van der Waals surface area contributed by atoms with Crippen molar-refractivity contribution in [3.8, 4) is 0 Å². The first kappa shape index (κ1) is 19.8. The van der Waals surface area contributed by atoms with E-state index < -0.39 is 0 Å². The Hall–Kier alpha value is -2.53. The first-order chi connectivity index (χ1) is 14.0. The molecule has 0 saturated carbocycles. The minimum absolute atomic E-state index is 0.361. The number of rotatable bonds is 4. The summed E-state index contributed by atoms with van der Waals surface area (Å²) in [4.78, 5) is 29.3. The number of hydrogen-bond donors (Lipinski definition) is 0. The Labute approximate surface area is 182 Å². The average Bonchev–Trinajstić information content (AvgIpc) is 2.96. The summed E-state index contributed by atoms with van der Waals surface area (Å²) in [6.45, 7) is 1.79. The highest BCUT2D eigenvalue weighted by atomic mass is 35.5. The zero-order valence-corrected chi connectivity index (χ0v) is 17.7. The maximum Gasteiger partial charge on any atom is 0.272 e. The van der Waals surface area contributed by atoms with E-state index in [1.165, 1.54) is 16.7 Å². The van der Waals surface area contributed by atoms with Gasteiger partial charge in [-0.2, -0.15) is 0 Å². The molecule has 0 unspecified atom stereocenters. The number of benzene rings is 3. The molecule has 3 aromatic carbocycles. The van der Waals surface area contributed by atoms with Crippen molar-refractivity contribution in [2.45, 2.75) is 11.8 Å². The topological polar surface area (TPSA) is 37.4 Å². The molecule has 0 bridgehead atoms. The van der Waals surface area contributed by atoms with Crippen LogP contribution in [0.2, 0.25) is 10.0 Å². The lowest BCUT2D eigenvalue weighted by atomic mass is 10.1. The van der Waals surface area contributed by atoms with Gasteiger partial charge in [-0.1, -0.05) is 71.4 Å². The summed E-state index contributed by atoms with van der Waals surface area (Å²) >= 11 is 13.5. The van der Waals surface area contributed by atoms with Crippen LogP contribution in [-0.2, 0) is 9.59 Å². The van der Waals surface area contributed by atoms with Gasteiger partial charge in [0.25, 0.3) is 11.8 Å². The number of thioether (sulfide) groups is 1. The first-order valence-electron chi connectivity index (χ1n) is 8.84. The Morgan fingerprint density at radius 3 is 2.17 bits per heavy atom. The van der Waals surface area contributed by atoms with Crippen LogP contribution in [0.15, 0.2) is 82.6 Å². The van der Waals surface area contributed by atoms with Crippen molar-refractivity contribution in [1.29, 1.82) is 0 Å². The van der Waals surface area contributed by atoms with Crippen LogP contribution in [-0.4, -0.2) is 11.8 Å². The molecule has 2 amide bonds. The summed E-state index contributed by atoms with van der Waals surface area (Å²) < 4.78 is 0. The Balaban J connectivity index is 1.85. The van der Waals surface area contributed by atoms with Gasteiger partial charge in [0.15, 0.2) is 0 Å². The second kappa shape index (κ2) is 8.07. The molecule has 0 saturated heterocycles. The molecule has 3 nitrogen and oxygen atoms in total. The van der Waals surface area contributed by atoms with Gasteiger partial charge in [-0.25, -0.2) is 4.90 Å². The molecule has 0 fully saturated rings. The number of halogens is 2. The molecule has 1 aliphatic rings. The van der Waals surface area contributed by atoms with Crippen LogP contribution in [0.5, 0.6) is 0 Å². The van der Waals surface area contributed by atoms with Crippen molar-refractivity contribution in [2.24, 2.45) is 0 Å². The van der Waals surface area contributed by atoms with Gasteiger partial charge in [-0.3, -0.25) is 9.59 Å². The maximum atomic E-state index is 13.4. The Kier molecular flexibility index (Phi) is 5.50. The van der Waals surface area contributed by atoms with E-state index in [-0.39, 0.29) is 11.8 Å². The smallest absolute Gasteiger partial charge is 0.268 e. The number of carbonyl (C=O) groups is 2. The minimum Gasteiger partial charge on any atom is -0.268 e. The van der Waals surface area contributed by atoms with Crippen molar-refractivity contribution in [2.75, 3.05) is 4.90 Å². The quantitative estimate of drug-likeness (QED) is 0.442. The number of imide groups is 1. The molecule has 0 N–H and O–H groups in total. The minimum atomic E-state index is -0.374. The molecule has 1 heterocycles. The highest BCUT2D eigenvalue weighted by Gasteiger charge is 2.41. The molecule has 0 radical (unpaired) electrons. The fourth-order valence-corrected chi connectivity index (χ4v) is 4.45. The standard InChI is InChI=1S/C23H15Cl2NO2S/c1-14-18(25)8-5-9-19(14)26-22(27)20(15-10-12-16(24)13-11-15)21(23(26)28)29-17-6-3-2-4-7-17/h2-13H,1H3. The van der Waals surface area contributed by atoms with E-state index in [1.807, 2.05) is 30.3 Å². The van der Waals surface area contributed by atoms with E-state index in [4.69, 9.17) is 23.2 Å². The number of nitrogens with zero attached hydrogens (tertiary/aromatic N) is 1. The Morgan fingerprint density at radius 2 is 1.48 bits per heavy atom. The first-order valence-corrected chi connectivity index (χ1v) is 10.4. The lowest BCUT2D eigenvalue weighted by Crippen LogP contribution is -2.32.